The Kier molecular flexibility index (Phi) is 4.27. The van der Waals surface area contributed by atoms with E-state index < -0.39 is 0 Å². The third-order valence-corrected chi connectivity index (χ3v) is 6.65. The molecule has 5 nitrogen and oxygen atoms in total. The molecule has 31 heavy (non-hydrogen) atoms. The molecule has 0 saturated carbocycles. The molecular formula is C26H23N3O2. The lowest BCUT2D eigenvalue weighted by Gasteiger charge is -2.32. The van der Waals surface area contributed by atoms with Crippen molar-refractivity contribution < 1.29 is 9.21 Å². The molecule has 154 valence electrons. The monoisotopic (exact) mass is 409 g/mol. The van der Waals surface area contributed by atoms with Gasteiger partial charge in [-0.15, -0.1) is 0 Å². The molecule has 0 unspecified atom stereocenters. The van der Waals surface area contributed by atoms with Crippen LogP contribution in [0.4, 0.5) is 0 Å². The van der Waals surface area contributed by atoms with Crippen molar-refractivity contribution in [2.75, 3.05) is 13.1 Å². The van der Waals surface area contributed by atoms with Gasteiger partial charge in [0.25, 0.3) is 0 Å². The first-order valence-electron chi connectivity index (χ1n) is 10.9. The molecule has 0 radical (unpaired) electrons. The van der Waals surface area contributed by atoms with Crippen molar-refractivity contribution in [1.29, 1.82) is 0 Å². The van der Waals surface area contributed by atoms with Crippen LogP contribution in [0.5, 0.6) is 0 Å². The number of carbonyl (C=O) groups is 1. The lowest BCUT2D eigenvalue weighted by atomic mass is 9.89. The first-order chi connectivity index (χ1) is 15.3. The van der Waals surface area contributed by atoms with E-state index in [2.05, 4.69) is 40.4 Å². The maximum absolute atomic E-state index is 13.1. The number of fused-ring (bicyclic) bond motifs is 4. The van der Waals surface area contributed by atoms with Gasteiger partial charge in [-0.3, -0.25) is 4.79 Å². The summed E-state index contributed by atoms with van der Waals surface area (Å²) in [5.74, 6) is 0.635. The Morgan fingerprint density at radius 3 is 2.81 bits per heavy atom. The summed E-state index contributed by atoms with van der Waals surface area (Å²) in [6, 6.07) is 16.4. The van der Waals surface area contributed by atoms with Crippen LogP contribution in [0.2, 0.25) is 0 Å². The number of benzene rings is 2. The van der Waals surface area contributed by atoms with Crippen LogP contribution in [0, 0.1) is 0 Å². The van der Waals surface area contributed by atoms with Crippen LogP contribution in [0.1, 0.15) is 29.9 Å². The molecule has 5 heteroatoms. The molecule has 1 fully saturated rings. The number of aromatic amines is 1. The molecule has 1 amide bonds. The SMILES string of the molecule is O=C(Cc1coc2ccc3ccccc3c12)N1CCC(c2c[nH]c3ncccc23)CC1. The minimum absolute atomic E-state index is 0.176. The molecule has 0 bridgehead atoms. The highest BCUT2D eigenvalue weighted by molar-refractivity contribution is 6.08. The van der Waals surface area contributed by atoms with Crippen LogP contribution in [0.25, 0.3) is 32.8 Å². The van der Waals surface area contributed by atoms with Crippen LogP contribution < -0.4 is 0 Å². The average Bonchev–Trinajstić information content (AvgIpc) is 3.44. The van der Waals surface area contributed by atoms with Crippen molar-refractivity contribution in [2.24, 2.45) is 0 Å². The second-order valence-corrected chi connectivity index (χ2v) is 8.40. The van der Waals surface area contributed by atoms with Gasteiger partial charge >= 0.3 is 0 Å². The molecule has 6 rings (SSSR count). The standard InChI is InChI=1S/C26H23N3O2/c30-24(14-19-16-31-23-8-7-17-4-1-2-5-20(17)25(19)23)29-12-9-18(10-13-29)22-15-28-26-21(22)6-3-11-27-26/h1-8,11,15-16,18H,9-10,12-14H2,(H,27,28). The summed E-state index contributed by atoms with van der Waals surface area (Å²) in [7, 11) is 0. The summed E-state index contributed by atoms with van der Waals surface area (Å²) >= 11 is 0. The number of hydrogen-bond donors (Lipinski definition) is 1. The van der Waals surface area contributed by atoms with Gasteiger partial charge in [-0.2, -0.15) is 0 Å². The van der Waals surface area contributed by atoms with E-state index in [1.165, 1.54) is 16.3 Å². The molecule has 0 atom stereocenters. The summed E-state index contributed by atoms with van der Waals surface area (Å²) in [4.78, 5) is 22.8. The van der Waals surface area contributed by atoms with Crippen LogP contribution in [0.3, 0.4) is 0 Å². The van der Waals surface area contributed by atoms with E-state index in [1.807, 2.05) is 35.4 Å². The second-order valence-electron chi connectivity index (χ2n) is 8.40. The number of carbonyl (C=O) groups excluding carboxylic acids is 1. The Morgan fingerprint density at radius 1 is 1.06 bits per heavy atom. The summed E-state index contributed by atoms with van der Waals surface area (Å²) in [5, 5.41) is 4.57. The Hall–Kier alpha value is -3.60. The zero-order valence-corrected chi connectivity index (χ0v) is 17.2. The van der Waals surface area contributed by atoms with E-state index in [0.717, 1.165) is 53.5 Å². The highest BCUT2D eigenvalue weighted by Gasteiger charge is 2.26. The summed E-state index contributed by atoms with van der Waals surface area (Å²) in [5.41, 5.74) is 4.08. The number of hydrogen-bond acceptors (Lipinski definition) is 3. The van der Waals surface area contributed by atoms with Crippen molar-refractivity contribution >= 4 is 38.7 Å². The first-order valence-corrected chi connectivity index (χ1v) is 10.9. The normalized spacial score (nSPS) is 15.3. The molecule has 2 aromatic carbocycles. The summed E-state index contributed by atoms with van der Waals surface area (Å²) in [6.45, 7) is 1.57. The van der Waals surface area contributed by atoms with E-state index in [4.69, 9.17) is 4.42 Å². The predicted molar refractivity (Wildman–Crippen MR) is 122 cm³/mol. The first kappa shape index (κ1) is 18.2. The van der Waals surface area contributed by atoms with Gasteiger partial charge in [-0.25, -0.2) is 4.98 Å². The molecule has 3 aromatic heterocycles. The molecule has 1 aliphatic heterocycles. The van der Waals surface area contributed by atoms with Gasteiger partial charge < -0.3 is 14.3 Å². The quantitative estimate of drug-likeness (QED) is 0.433. The molecule has 4 heterocycles. The van der Waals surface area contributed by atoms with Gasteiger partial charge in [0.15, 0.2) is 0 Å². The van der Waals surface area contributed by atoms with Crippen molar-refractivity contribution in [2.45, 2.75) is 25.2 Å². The van der Waals surface area contributed by atoms with Gasteiger partial charge in [0.1, 0.15) is 11.2 Å². The van der Waals surface area contributed by atoms with Gasteiger partial charge in [0.2, 0.25) is 5.91 Å². The van der Waals surface area contributed by atoms with Crippen LogP contribution in [-0.4, -0.2) is 33.9 Å². The predicted octanol–water partition coefficient (Wildman–Crippen LogP) is 5.41. The van der Waals surface area contributed by atoms with E-state index in [-0.39, 0.29) is 5.91 Å². The Balaban J connectivity index is 1.20. The second kappa shape index (κ2) is 7.27. The zero-order valence-electron chi connectivity index (χ0n) is 17.2. The average molecular weight is 409 g/mol. The van der Waals surface area contributed by atoms with Crippen LogP contribution in [0.15, 0.2) is 71.6 Å². The van der Waals surface area contributed by atoms with E-state index in [9.17, 15) is 4.79 Å². The third kappa shape index (κ3) is 3.08. The number of aromatic nitrogens is 2. The minimum Gasteiger partial charge on any atom is -0.464 e. The van der Waals surface area contributed by atoms with E-state index in [1.54, 1.807) is 6.26 Å². The fraction of sp³-hybridized carbons (Fsp3) is 0.231. The van der Waals surface area contributed by atoms with E-state index >= 15 is 0 Å². The maximum atomic E-state index is 13.1. The van der Waals surface area contributed by atoms with Crippen molar-refractivity contribution in [1.82, 2.24) is 14.9 Å². The molecule has 0 spiro atoms. The third-order valence-electron chi connectivity index (χ3n) is 6.65. The van der Waals surface area contributed by atoms with Gasteiger partial charge in [-0.1, -0.05) is 30.3 Å². The Morgan fingerprint density at radius 2 is 1.90 bits per heavy atom. The number of furan rings is 1. The maximum Gasteiger partial charge on any atom is 0.227 e. The van der Waals surface area contributed by atoms with Gasteiger partial charge in [-0.05, 0) is 53.3 Å². The van der Waals surface area contributed by atoms with Crippen molar-refractivity contribution in [3.63, 3.8) is 0 Å². The Bertz CT molecular complexity index is 1410. The molecule has 5 aromatic rings. The smallest absolute Gasteiger partial charge is 0.227 e. The van der Waals surface area contributed by atoms with Crippen molar-refractivity contribution in [3.05, 3.63) is 78.3 Å². The van der Waals surface area contributed by atoms with Crippen LogP contribution >= 0.6 is 0 Å². The minimum atomic E-state index is 0.176. The Labute approximate surface area is 179 Å². The van der Waals surface area contributed by atoms with Gasteiger partial charge in [0, 0.05) is 41.8 Å². The number of nitrogens with zero attached hydrogens (tertiary/aromatic N) is 2. The molecule has 1 aliphatic rings. The fourth-order valence-corrected chi connectivity index (χ4v) is 5.03. The lowest BCUT2D eigenvalue weighted by Crippen LogP contribution is -2.38. The molecule has 1 N–H and O–H groups in total. The number of piperidine rings is 1. The van der Waals surface area contributed by atoms with E-state index in [0.29, 0.717) is 12.3 Å². The summed E-state index contributed by atoms with van der Waals surface area (Å²) < 4.78 is 5.77. The number of H-pyrrole nitrogens is 1. The number of nitrogens with one attached hydrogen (secondary N) is 1. The van der Waals surface area contributed by atoms with Crippen LogP contribution in [-0.2, 0) is 11.2 Å². The molecule has 0 aliphatic carbocycles. The zero-order chi connectivity index (χ0) is 20.8. The molecule has 1 saturated heterocycles. The largest absolute Gasteiger partial charge is 0.464 e. The lowest BCUT2D eigenvalue weighted by molar-refractivity contribution is -0.131. The number of amides is 1. The molecular weight excluding hydrogens is 386 g/mol. The van der Waals surface area contributed by atoms with Gasteiger partial charge in [0.05, 0.1) is 12.7 Å². The number of likely N-dealkylation sites (tertiary alicyclic amines) is 1. The number of pyridine rings is 1. The summed E-state index contributed by atoms with van der Waals surface area (Å²) in [6.07, 6.45) is 7.98. The highest BCUT2D eigenvalue weighted by atomic mass is 16.3. The topological polar surface area (TPSA) is 62.1 Å². The number of rotatable bonds is 3. The highest BCUT2D eigenvalue weighted by Crippen LogP contribution is 2.34. The van der Waals surface area contributed by atoms with Crippen molar-refractivity contribution in [3.8, 4) is 0 Å². The fourth-order valence-electron chi connectivity index (χ4n) is 5.03.